The highest BCUT2D eigenvalue weighted by atomic mass is 16.6. The number of nitrogens with zero attached hydrogens (tertiary/aromatic N) is 2. The van der Waals surface area contributed by atoms with E-state index < -0.39 is 0 Å². The van der Waals surface area contributed by atoms with E-state index in [1.54, 1.807) is 0 Å². The molecule has 0 aliphatic heterocycles. The van der Waals surface area contributed by atoms with Crippen LogP contribution in [-0.4, -0.2) is 46.4 Å². The van der Waals surface area contributed by atoms with Gasteiger partial charge in [-0.25, -0.2) is 0 Å². The minimum Gasteiger partial charge on any atom is -0.511 e. The molecule has 2 atom stereocenters. The van der Waals surface area contributed by atoms with Crippen LogP contribution in [0.5, 0.6) is 0 Å². The van der Waals surface area contributed by atoms with Gasteiger partial charge in [-0.2, -0.15) is 0 Å². The molecule has 0 saturated carbocycles. The van der Waals surface area contributed by atoms with Crippen LogP contribution in [0.4, 0.5) is 0 Å². The predicted molar refractivity (Wildman–Crippen MR) is 148 cm³/mol. The molecule has 2 aliphatic carbocycles. The number of ketones is 2. The summed E-state index contributed by atoms with van der Waals surface area (Å²) in [6, 6.07) is 7.80. The van der Waals surface area contributed by atoms with Crippen LogP contribution in [0.3, 0.4) is 0 Å². The highest BCUT2D eigenvalue weighted by molar-refractivity contribution is 6.23. The van der Waals surface area contributed by atoms with Crippen LogP contribution in [-0.2, 0) is 19.3 Å². The third kappa shape index (κ3) is 6.91. The maximum Gasteiger partial charge on any atom is 0.168 e. The summed E-state index contributed by atoms with van der Waals surface area (Å²) in [6.45, 7) is 8.42. The van der Waals surface area contributed by atoms with Gasteiger partial charge in [0, 0.05) is 25.7 Å². The number of hydrogen-bond donors (Lipinski definition) is 2. The third-order valence-corrected chi connectivity index (χ3v) is 6.92. The van der Waals surface area contributed by atoms with Gasteiger partial charge in [-0.05, 0) is 49.7 Å². The number of rotatable bonds is 12. The number of carbonyl (C=O) groups is 2. The second-order valence-corrected chi connectivity index (χ2v) is 9.78. The Balaban J connectivity index is 1.77. The van der Waals surface area contributed by atoms with Crippen molar-refractivity contribution in [3.05, 3.63) is 58.1 Å². The molecule has 0 heterocycles. The Labute approximate surface area is 225 Å². The number of allylic oxidation sites excluding steroid dienone is 4. The molecule has 0 aromatic heterocycles. The molecule has 38 heavy (non-hydrogen) atoms. The van der Waals surface area contributed by atoms with Crippen LogP contribution < -0.4 is 0 Å². The molecule has 0 saturated heterocycles. The first-order valence-corrected chi connectivity index (χ1v) is 13.7. The van der Waals surface area contributed by atoms with E-state index >= 15 is 0 Å². The Hall–Kier alpha value is -3.42. The molecule has 206 valence electrons. The van der Waals surface area contributed by atoms with Crippen molar-refractivity contribution in [2.24, 2.45) is 10.3 Å². The summed E-state index contributed by atoms with van der Waals surface area (Å²) in [4.78, 5) is 36.4. The Morgan fingerprint density at radius 2 is 1.08 bits per heavy atom. The first-order valence-electron chi connectivity index (χ1n) is 13.7. The molecule has 0 spiro atoms. The topological polar surface area (TPSA) is 118 Å². The van der Waals surface area contributed by atoms with Crippen molar-refractivity contribution in [1.29, 1.82) is 0 Å². The molecule has 3 rings (SSSR count). The van der Waals surface area contributed by atoms with Gasteiger partial charge < -0.3 is 19.9 Å². The van der Waals surface area contributed by atoms with E-state index in [9.17, 15) is 19.8 Å². The second-order valence-electron chi connectivity index (χ2n) is 9.78. The molecular formula is C30H40N2O6. The maximum atomic E-state index is 13.0. The molecule has 0 bridgehead atoms. The second kappa shape index (κ2) is 13.9. The number of hydrogen-bond acceptors (Lipinski definition) is 8. The Bertz CT molecular complexity index is 1040. The summed E-state index contributed by atoms with van der Waals surface area (Å²) in [5, 5.41) is 29.7. The number of benzene rings is 1. The molecule has 8 heteroatoms. The van der Waals surface area contributed by atoms with Crippen LogP contribution >= 0.6 is 0 Å². The van der Waals surface area contributed by atoms with Gasteiger partial charge in [-0.1, -0.05) is 61.3 Å². The van der Waals surface area contributed by atoms with Crippen LogP contribution in [0.25, 0.3) is 0 Å². The normalized spacial score (nSPS) is 21.3. The van der Waals surface area contributed by atoms with E-state index in [1.165, 1.54) is 0 Å². The fourth-order valence-corrected chi connectivity index (χ4v) is 5.15. The van der Waals surface area contributed by atoms with E-state index in [2.05, 4.69) is 10.3 Å². The maximum absolute atomic E-state index is 13.0. The number of aliphatic hydroxyl groups excluding tert-OH is 2. The zero-order valence-electron chi connectivity index (χ0n) is 23.0. The van der Waals surface area contributed by atoms with Crippen LogP contribution in [0.15, 0.2) is 57.2 Å². The van der Waals surface area contributed by atoms with Crippen molar-refractivity contribution < 1.29 is 29.5 Å². The fourth-order valence-electron chi connectivity index (χ4n) is 5.15. The van der Waals surface area contributed by atoms with Crippen molar-refractivity contribution in [3.63, 3.8) is 0 Å². The minimum atomic E-state index is -0.144. The van der Waals surface area contributed by atoms with Crippen molar-refractivity contribution in [2.45, 2.75) is 90.9 Å². The number of oxime groups is 2. The molecule has 0 amide bonds. The van der Waals surface area contributed by atoms with Gasteiger partial charge >= 0.3 is 0 Å². The largest absolute Gasteiger partial charge is 0.511 e. The SMILES string of the molecule is CCC/C(=N\OCC)C1=C(O)CC(c2ccc(C3CC(=O)C(/C(CCC)=N/OCC)=C(O)C3)cc2)CC1=O. The minimum absolute atomic E-state index is 0.0549. The van der Waals surface area contributed by atoms with E-state index in [4.69, 9.17) is 9.68 Å². The molecule has 0 radical (unpaired) electrons. The molecule has 1 aromatic rings. The number of carbonyl (C=O) groups excluding carboxylic acids is 2. The highest BCUT2D eigenvalue weighted by Crippen LogP contribution is 2.38. The molecule has 2 unspecified atom stereocenters. The van der Waals surface area contributed by atoms with Gasteiger partial charge in [0.05, 0.1) is 22.6 Å². The summed E-state index contributed by atoms with van der Waals surface area (Å²) in [5.41, 5.74) is 3.50. The number of Topliss-reactive ketones (excluding diaryl/α,β-unsaturated/α-hetero) is 2. The van der Waals surface area contributed by atoms with Crippen molar-refractivity contribution >= 4 is 23.0 Å². The quantitative estimate of drug-likeness (QED) is 0.235. The molecule has 0 fully saturated rings. The average molecular weight is 525 g/mol. The van der Waals surface area contributed by atoms with E-state index in [0.29, 0.717) is 61.5 Å². The monoisotopic (exact) mass is 524 g/mol. The lowest BCUT2D eigenvalue weighted by atomic mass is 9.78. The van der Waals surface area contributed by atoms with Gasteiger partial charge in [0.25, 0.3) is 0 Å². The smallest absolute Gasteiger partial charge is 0.168 e. The average Bonchev–Trinajstić information content (AvgIpc) is 2.89. The van der Waals surface area contributed by atoms with Crippen LogP contribution in [0.2, 0.25) is 0 Å². The predicted octanol–water partition coefficient (Wildman–Crippen LogP) is 6.59. The molecule has 1 aromatic carbocycles. The standard InChI is InChI=1S/C30H40N2O6/c1-5-9-23(31-37-7-3)29-25(33)15-21(16-26(29)34)19-11-13-20(14-12-19)22-17-27(35)30(28(36)18-22)24(10-6-2)32-38-8-4/h11-14,21-22,33,35H,5-10,15-18H2,1-4H3/b31-23+,32-24+. The fraction of sp³-hybridized carbons (Fsp3) is 0.533. The van der Waals surface area contributed by atoms with Gasteiger partial charge in [0.1, 0.15) is 24.7 Å². The van der Waals surface area contributed by atoms with Crippen molar-refractivity contribution in [3.8, 4) is 0 Å². The molecular weight excluding hydrogens is 484 g/mol. The van der Waals surface area contributed by atoms with Gasteiger partial charge in [0.2, 0.25) is 0 Å². The summed E-state index contributed by atoms with van der Waals surface area (Å²) in [6.07, 6.45) is 3.96. The van der Waals surface area contributed by atoms with E-state index in [1.807, 2.05) is 52.0 Å². The summed E-state index contributed by atoms with van der Waals surface area (Å²) >= 11 is 0. The highest BCUT2D eigenvalue weighted by Gasteiger charge is 2.33. The van der Waals surface area contributed by atoms with Crippen LogP contribution in [0.1, 0.15) is 102 Å². The Kier molecular flexibility index (Phi) is 10.7. The Morgan fingerprint density at radius 1 is 0.711 bits per heavy atom. The van der Waals surface area contributed by atoms with Gasteiger partial charge in [-0.15, -0.1) is 0 Å². The lowest BCUT2D eigenvalue weighted by Gasteiger charge is -2.26. The zero-order chi connectivity index (χ0) is 27.7. The summed E-state index contributed by atoms with van der Waals surface area (Å²) in [7, 11) is 0. The van der Waals surface area contributed by atoms with E-state index in [-0.39, 0.29) is 47.8 Å². The lowest BCUT2D eigenvalue weighted by Crippen LogP contribution is -2.24. The van der Waals surface area contributed by atoms with Gasteiger partial charge in [-0.3, -0.25) is 9.59 Å². The molecule has 2 aliphatic rings. The molecule has 2 N–H and O–H groups in total. The zero-order valence-corrected chi connectivity index (χ0v) is 23.0. The van der Waals surface area contributed by atoms with Crippen molar-refractivity contribution in [2.75, 3.05) is 13.2 Å². The summed E-state index contributed by atoms with van der Waals surface area (Å²) < 4.78 is 0. The lowest BCUT2D eigenvalue weighted by molar-refractivity contribution is -0.117. The first-order chi connectivity index (χ1) is 18.3. The van der Waals surface area contributed by atoms with Crippen LogP contribution in [0, 0.1) is 0 Å². The summed E-state index contributed by atoms with van der Waals surface area (Å²) in [5.74, 6) is -0.443. The Morgan fingerprint density at radius 3 is 1.37 bits per heavy atom. The number of aliphatic hydroxyl groups is 2. The van der Waals surface area contributed by atoms with E-state index in [0.717, 1.165) is 24.0 Å². The van der Waals surface area contributed by atoms with Gasteiger partial charge in [0.15, 0.2) is 11.6 Å². The van der Waals surface area contributed by atoms with Crippen molar-refractivity contribution in [1.82, 2.24) is 0 Å². The molecule has 8 nitrogen and oxygen atoms in total. The third-order valence-electron chi connectivity index (χ3n) is 6.92. The first kappa shape index (κ1) is 29.1.